The van der Waals surface area contributed by atoms with Crippen LogP contribution in [0.4, 0.5) is 0 Å². The van der Waals surface area contributed by atoms with Gasteiger partial charge in [0.25, 0.3) is 10.2 Å². The van der Waals surface area contributed by atoms with Crippen molar-refractivity contribution in [3.05, 3.63) is 0 Å². The van der Waals surface area contributed by atoms with Gasteiger partial charge in [-0.2, -0.15) is 22.7 Å². The fourth-order valence-corrected chi connectivity index (χ4v) is 3.63. The zero-order valence-corrected chi connectivity index (χ0v) is 10.7. The molecule has 0 spiro atoms. The van der Waals surface area contributed by atoms with Crippen LogP contribution in [0.3, 0.4) is 0 Å². The topological polar surface area (TPSA) is 73.2 Å². The second-order valence-corrected chi connectivity index (χ2v) is 6.58. The maximum Gasteiger partial charge on any atom is 0.280 e. The largest absolute Gasteiger partial charge is 0.280 e. The third-order valence-electron chi connectivity index (χ3n) is 3.41. The molecule has 2 aliphatic rings. The van der Waals surface area contributed by atoms with Crippen molar-refractivity contribution < 1.29 is 8.42 Å². The van der Waals surface area contributed by atoms with Gasteiger partial charge in [-0.1, -0.05) is 12.8 Å². The number of rotatable bonds is 4. The fraction of sp³-hybridized carbons (Fsp3) is 0.909. The molecular weight excluding hydrogens is 238 g/mol. The van der Waals surface area contributed by atoms with Gasteiger partial charge < -0.3 is 0 Å². The Kier molecular flexibility index (Phi) is 4.02. The molecule has 1 atom stereocenters. The van der Waals surface area contributed by atoms with Gasteiger partial charge in [-0.15, -0.1) is 0 Å². The van der Waals surface area contributed by atoms with Gasteiger partial charge in [-0.25, -0.2) is 0 Å². The van der Waals surface area contributed by atoms with Crippen molar-refractivity contribution in [2.24, 2.45) is 5.92 Å². The first-order chi connectivity index (χ1) is 8.13. The molecule has 2 fully saturated rings. The Morgan fingerprint density at radius 2 is 1.76 bits per heavy atom. The Balaban J connectivity index is 1.99. The standard InChI is InChI=1S/C11H19N3O2S/c12-9-11(10-5-6-10)13-17(15,16)14-7-3-1-2-4-8-14/h10-11,13H,1-8H2. The van der Waals surface area contributed by atoms with Crippen LogP contribution in [0.15, 0.2) is 0 Å². The van der Waals surface area contributed by atoms with Crippen molar-refractivity contribution in [1.82, 2.24) is 9.03 Å². The lowest BCUT2D eigenvalue weighted by Crippen LogP contribution is -2.46. The molecule has 1 saturated heterocycles. The molecule has 1 N–H and O–H groups in total. The summed E-state index contributed by atoms with van der Waals surface area (Å²) in [6, 6.07) is 1.52. The average Bonchev–Trinajstić information content (AvgIpc) is 3.11. The first-order valence-corrected chi connectivity index (χ1v) is 7.74. The first-order valence-electron chi connectivity index (χ1n) is 6.30. The highest BCUT2D eigenvalue weighted by Gasteiger charge is 2.35. The third kappa shape index (κ3) is 3.41. The van der Waals surface area contributed by atoms with Crippen LogP contribution in [0.1, 0.15) is 38.5 Å². The molecule has 1 aliphatic heterocycles. The van der Waals surface area contributed by atoms with Gasteiger partial charge in [0.2, 0.25) is 0 Å². The van der Waals surface area contributed by atoms with Crippen LogP contribution in [0.25, 0.3) is 0 Å². The van der Waals surface area contributed by atoms with Gasteiger partial charge in [0.05, 0.1) is 6.07 Å². The second-order valence-electron chi connectivity index (χ2n) is 4.88. The quantitative estimate of drug-likeness (QED) is 0.816. The summed E-state index contributed by atoms with van der Waals surface area (Å²) in [5.41, 5.74) is 0. The van der Waals surface area contributed by atoms with Crippen molar-refractivity contribution in [2.45, 2.75) is 44.6 Å². The molecule has 0 amide bonds. The molecule has 0 aromatic heterocycles. The summed E-state index contributed by atoms with van der Waals surface area (Å²) in [6.07, 6.45) is 5.94. The van der Waals surface area contributed by atoms with E-state index in [0.29, 0.717) is 13.1 Å². The minimum Gasteiger partial charge on any atom is -0.197 e. The fourth-order valence-electron chi connectivity index (χ4n) is 2.17. The second kappa shape index (κ2) is 5.34. The normalized spacial score (nSPS) is 24.9. The molecule has 1 aliphatic carbocycles. The monoisotopic (exact) mass is 257 g/mol. The van der Waals surface area contributed by atoms with Gasteiger partial charge in [0, 0.05) is 13.1 Å². The van der Waals surface area contributed by atoms with Crippen molar-refractivity contribution in [3.8, 4) is 6.07 Å². The Hall–Kier alpha value is -0.640. The van der Waals surface area contributed by atoms with E-state index in [1.54, 1.807) is 0 Å². The van der Waals surface area contributed by atoms with Crippen LogP contribution in [-0.2, 0) is 10.2 Å². The zero-order valence-electron chi connectivity index (χ0n) is 9.93. The van der Waals surface area contributed by atoms with Crippen LogP contribution in [-0.4, -0.2) is 31.9 Å². The zero-order chi connectivity index (χ0) is 12.3. The molecule has 5 nitrogen and oxygen atoms in total. The summed E-state index contributed by atoms with van der Waals surface area (Å²) < 4.78 is 28.2. The minimum atomic E-state index is -3.46. The number of nitrogens with zero attached hydrogens (tertiary/aromatic N) is 2. The molecule has 1 unspecified atom stereocenters. The first kappa shape index (κ1) is 12.8. The Bertz CT molecular complexity index is 389. The van der Waals surface area contributed by atoms with E-state index in [1.165, 1.54) is 4.31 Å². The molecule has 17 heavy (non-hydrogen) atoms. The van der Waals surface area contributed by atoms with Crippen molar-refractivity contribution in [3.63, 3.8) is 0 Å². The number of nitriles is 1. The SMILES string of the molecule is N#CC(NS(=O)(=O)N1CCCCCC1)C1CC1. The molecule has 0 aromatic rings. The molecule has 1 saturated carbocycles. The minimum absolute atomic E-state index is 0.224. The molecule has 0 bridgehead atoms. The van der Waals surface area contributed by atoms with E-state index in [2.05, 4.69) is 10.8 Å². The molecule has 96 valence electrons. The van der Waals surface area contributed by atoms with Crippen LogP contribution in [0, 0.1) is 17.2 Å². The highest BCUT2D eigenvalue weighted by molar-refractivity contribution is 7.87. The molecule has 1 heterocycles. The maximum atomic E-state index is 12.1. The summed E-state index contributed by atoms with van der Waals surface area (Å²) >= 11 is 0. The lowest BCUT2D eigenvalue weighted by atomic mass is 10.2. The van der Waals surface area contributed by atoms with Gasteiger partial charge in [-0.05, 0) is 31.6 Å². The number of hydrogen-bond donors (Lipinski definition) is 1. The van der Waals surface area contributed by atoms with E-state index in [1.807, 2.05) is 0 Å². The van der Waals surface area contributed by atoms with Crippen LogP contribution in [0.2, 0.25) is 0 Å². The third-order valence-corrected chi connectivity index (χ3v) is 5.01. The summed E-state index contributed by atoms with van der Waals surface area (Å²) in [5, 5.41) is 8.96. The van der Waals surface area contributed by atoms with Gasteiger partial charge >= 0.3 is 0 Å². The Morgan fingerprint density at radius 1 is 1.18 bits per heavy atom. The highest BCUT2D eigenvalue weighted by Crippen LogP contribution is 2.32. The average molecular weight is 257 g/mol. The predicted octanol–water partition coefficient (Wildman–Crippen LogP) is 0.999. The molecule has 0 radical (unpaired) electrons. The Labute approximate surface area is 103 Å². The lowest BCUT2D eigenvalue weighted by Gasteiger charge is -2.22. The van der Waals surface area contributed by atoms with Crippen LogP contribution >= 0.6 is 0 Å². The van der Waals surface area contributed by atoms with Crippen molar-refractivity contribution in [2.75, 3.05) is 13.1 Å². The molecule has 0 aromatic carbocycles. The van der Waals surface area contributed by atoms with E-state index >= 15 is 0 Å². The van der Waals surface area contributed by atoms with E-state index in [0.717, 1.165) is 38.5 Å². The predicted molar refractivity (Wildman–Crippen MR) is 64.2 cm³/mol. The summed E-state index contributed by atoms with van der Waals surface area (Å²) in [6.45, 7) is 1.16. The van der Waals surface area contributed by atoms with Gasteiger partial charge in [0.15, 0.2) is 0 Å². The lowest BCUT2D eigenvalue weighted by molar-refractivity contribution is 0.409. The van der Waals surface area contributed by atoms with E-state index < -0.39 is 16.3 Å². The number of nitrogens with one attached hydrogen (secondary N) is 1. The molecule has 6 heteroatoms. The summed E-state index contributed by atoms with van der Waals surface area (Å²) in [7, 11) is -3.46. The van der Waals surface area contributed by atoms with Crippen LogP contribution < -0.4 is 4.72 Å². The summed E-state index contributed by atoms with van der Waals surface area (Å²) in [5.74, 6) is 0.224. The molecular formula is C11H19N3O2S. The maximum absolute atomic E-state index is 12.1. The Morgan fingerprint density at radius 3 is 2.24 bits per heavy atom. The van der Waals surface area contributed by atoms with Crippen LogP contribution in [0.5, 0.6) is 0 Å². The van der Waals surface area contributed by atoms with Gasteiger partial charge in [-0.3, -0.25) is 0 Å². The highest BCUT2D eigenvalue weighted by atomic mass is 32.2. The smallest absolute Gasteiger partial charge is 0.197 e. The van der Waals surface area contributed by atoms with Crippen molar-refractivity contribution >= 4 is 10.2 Å². The number of hydrogen-bond acceptors (Lipinski definition) is 3. The van der Waals surface area contributed by atoms with Gasteiger partial charge in [0.1, 0.15) is 6.04 Å². The van der Waals surface area contributed by atoms with Crippen molar-refractivity contribution in [1.29, 1.82) is 5.26 Å². The summed E-state index contributed by atoms with van der Waals surface area (Å²) in [4.78, 5) is 0. The molecule has 2 rings (SSSR count). The van der Waals surface area contributed by atoms with E-state index in [4.69, 9.17) is 5.26 Å². The van der Waals surface area contributed by atoms with E-state index in [-0.39, 0.29) is 5.92 Å². The van der Waals surface area contributed by atoms with E-state index in [9.17, 15) is 8.42 Å².